The van der Waals surface area contributed by atoms with Crippen LogP contribution in [0.1, 0.15) is 60.8 Å². The number of hydrogen-bond acceptors (Lipinski definition) is 4. The molecule has 25 heavy (non-hydrogen) atoms. The lowest BCUT2D eigenvalue weighted by Crippen LogP contribution is -2.32. The highest BCUT2D eigenvalue weighted by Crippen LogP contribution is 2.39. The maximum Gasteiger partial charge on any atom is 0.228 e. The number of rotatable bonds is 8. The lowest BCUT2D eigenvalue weighted by atomic mass is 9.73. The number of ketones is 2. The normalized spacial score (nSPS) is 18.0. The summed E-state index contributed by atoms with van der Waals surface area (Å²) in [6.45, 7) is 12.2. The Kier molecular flexibility index (Phi) is 7.21. The Morgan fingerprint density at radius 3 is 2.12 bits per heavy atom. The van der Waals surface area contributed by atoms with Crippen LogP contribution in [-0.2, 0) is 19.1 Å². The van der Waals surface area contributed by atoms with Crippen molar-refractivity contribution in [3.63, 3.8) is 0 Å². The minimum absolute atomic E-state index is 0.00137. The van der Waals surface area contributed by atoms with Crippen LogP contribution in [0.15, 0.2) is 34.3 Å². The summed E-state index contributed by atoms with van der Waals surface area (Å²) < 4.78 is 10.3. The van der Waals surface area contributed by atoms with Crippen molar-refractivity contribution in [2.24, 2.45) is 11.3 Å². The highest BCUT2D eigenvalue weighted by molar-refractivity contribution is 6.23. The van der Waals surface area contributed by atoms with Gasteiger partial charge in [-0.1, -0.05) is 45.8 Å². The third-order valence-corrected chi connectivity index (χ3v) is 4.97. The third-order valence-electron chi connectivity index (χ3n) is 4.97. The number of carbonyl (C=O) groups is 2. The quantitative estimate of drug-likeness (QED) is 0.469. The number of carbonyl (C=O) groups excluding carboxylic acids is 2. The van der Waals surface area contributed by atoms with Crippen molar-refractivity contribution < 1.29 is 19.1 Å². The van der Waals surface area contributed by atoms with Crippen molar-refractivity contribution in [3.8, 4) is 0 Å². The minimum atomic E-state index is -0.462. The molecule has 140 valence electrons. The summed E-state index contributed by atoms with van der Waals surface area (Å²) in [5.74, 6) is 0.108. The van der Waals surface area contributed by atoms with E-state index in [1.807, 2.05) is 13.8 Å². The zero-order chi connectivity index (χ0) is 19.4. The van der Waals surface area contributed by atoms with Gasteiger partial charge in [-0.3, -0.25) is 9.59 Å². The molecule has 1 unspecified atom stereocenters. The number of allylic oxidation sites excluding steroid dienone is 4. The molecule has 0 aromatic carbocycles. The summed E-state index contributed by atoms with van der Waals surface area (Å²) >= 11 is 0. The zero-order valence-electron chi connectivity index (χ0n) is 16.9. The molecule has 0 fully saturated rings. The Morgan fingerprint density at radius 2 is 1.64 bits per heavy atom. The molecule has 1 atom stereocenters. The van der Waals surface area contributed by atoms with Gasteiger partial charge < -0.3 is 9.47 Å². The maximum absolute atomic E-state index is 12.9. The summed E-state index contributed by atoms with van der Waals surface area (Å²) in [5.41, 5.74) is 1.81. The predicted octanol–water partition coefficient (Wildman–Crippen LogP) is 4.76. The fourth-order valence-electron chi connectivity index (χ4n) is 3.27. The number of Topliss-reactive ketones (excluding diaryl/α,β-unsaturated/α-hetero) is 2. The van der Waals surface area contributed by atoms with Crippen molar-refractivity contribution in [2.75, 3.05) is 14.2 Å². The first kappa shape index (κ1) is 21.2. The molecule has 0 spiro atoms. The van der Waals surface area contributed by atoms with E-state index in [-0.39, 0.29) is 23.1 Å². The van der Waals surface area contributed by atoms with Gasteiger partial charge in [0.15, 0.2) is 0 Å². The van der Waals surface area contributed by atoms with E-state index < -0.39 is 5.41 Å². The first-order valence-electron chi connectivity index (χ1n) is 8.89. The lowest BCUT2D eigenvalue weighted by Gasteiger charge is -2.31. The predicted molar refractivity (Wildman–Crippen MR) is 100.0 cm³/mol. The van der Waals surface area contributed by atoms with Crippen LogP contribution in [0, 0.1) is 11.3 Å². The van der Waals surface area contributed by atoms with E-state index in [4.69, 9.17) is 9.47 Å². The van der Waals surface area contributed by atoms with Gasteiger partial charge >= 0.3 is 0 Å². The third kappa shape index (κ3) is 4.62. The number of ether oxygens (including phenoxy) is 2. The van der Waals surface area contributed by atoms with Crippen LogP contribution in [0.5, 0.6) is 0 Å². The van der Waals surface area contributed by atoms with Gasteiger partial charge in [-0.05, 0) is 38.0 Å². The average molecular weight is 348 g/mol. The molecule has 0 aromatic heterocycles. The fraction of sp³-hybridized carbons (Fsp3) is 0.619. The van der Waals surface area contributed by atoms with Crippen LogP contribution < -0.4 is 0 Å². The van der Waals surface area contributed by atoms with E-state index in [1.54, 1.807) is 6.92 Å². The largest absolute Gasteiger partial charge is 0.489 e. The Labute approximate surface area is 152 Å². The van der Waals surface area contributed by atoms with E-state index in [9.17, 15) is 9.59 Å². The van der Waals surface area contributed by atoms with E-state index >= 15 is 0 Å². The second kappa shape index (κ2) is 8.50. The smallest absolute Gasteiger partial charge is 0.228 e. The van der Waals surface area contributed by atoms with Crippen LogP contribution >= 0.6 is 0 Å². The Hall–Kier alpha value is -1.84. The first-order chi connectivity index (χ1) is 11.6. The fourth-order valence-corrected chi connectivity index (χ4v) is 3.27. The second-order valence-corrected chi connectivity index (χ2v) is 7.58. The Balaban J connectivity index is 3.16. The van der Waals surface area contributed by atoms with Gasteiger partial charge in [0.25, 0.3) is 0 Å². The molecule has 0 heterocycles. The van der Waals surface area contributed by atoms with Gasteiger partial charge in [0.2, 0.25) is 23.1 Å². The molecular formula is C21H32O4. The average Bonchev–Trinajstić information content (AvgIpc) is 2.55. The zero-order valence-corrected chi connectivity index (χ0v) is 16.9. The molecule has 1 aliphatic carbocycles. The molecule has 0 amide bonds. The molecule has 0 bridgehead atoms. The molecular weight excluding hydrogens is 316 g/mol. The molecule has 0 radical (unpaired) electrons. The summed E-state index contributed by atoms with van der Waals surface area (Å²) in [6, 6.07) is 0. The Bertz CT molecular complexity index is 632. The molecule has 0 N–H and O–H groups in total. The van der Waals surface area contributed by atoms with Crippen LogP contribution in [0.3, 0.4) is 0 Å². The second-order valence-electron chi connectivity index (χ2n) is 7.58. The number of methoxy groups -OCH3 is 2. The molecule has 1 aliphatic rings. The lowest BCUT2D eigenvalue weighted by molar-refractivity contribution is -0.121. The maximum atomic E-state index is 12.9. The van der Waals surface area contributed by atoms with Crippen molar-refractivity contribution in [1.82, 2.24) is 0 Å². The summed E-state index contributed by atoms with van der Waals surface area (Å²) in [4.78, 5) is 25.5. The molecule has 0 aliphatic heterocycles. The molecule has 0 saturated carbocycles. The topological polar surface area (TPSA) is 52.6 Å². The van der Waals surface area contributed by atoms with Gasteiger partial charge in [0.05, 0.1) is 14.2 Å². The summed E-state index contributed by atoms with van der Waals surface area (Å²) in [5, 5.41) is 0. The van der Waals surface area contributed by atoms with E-state index in [1.165, 1.54) is 19.8 Å². The summed E-state index contributed by atoms with van der Waals surface area (Å²) in [7, 11) is 2.77. The SMILES string of the molecule is CCC(C)CC(C)=CCC(C)(C)C1=C(C)C(=O)C(OC)=C(OC)C1=O. The molecule has 0 saturated heterocycles. The monoisotopic (exact) mass is 348 g/mol. The molecule has 4 nitrogen and oxygen atoms in total. The van der Waals surface area contributed by atoms with Gasteiger partial charge in [-0.25, -0.2) is 0 Å². The van der Waals surface area contributed by atoms with Gasteiger partial charge in [-0.2, -0.15) is 0 Å². The highest BCUT2D eigenvalue weighted by Gasteiger charge is 2.40. The summed E-state index contributed by atoms with van der Waals surface area (Å²) in [6.07, 6.45) is 5.08. The minimum Gasteiger partial charge on any atom is -0.489 e. The number of hydrogen-bond donors (Lipinski definition) is 0. The van der Waals surface area contributed by atoms with Crippen molar-refractivity contribution >= 4 is 11.6 Å². The van der Waals surface area contributed by atoms with Crippen molar-refractivity contribution in [2.45, 2.75) is 60.8 Å². The molecule has 4 heteroatoms. The molecule has 1 rings (SSSR count). The van der Waals surface area contributed by atoms with Crippen LogP contribution in [0.2, 0.25) is 0 Å². The van der Waals surface area contributed by atoms with Crippen molar-refractivity contribution in [1.29, 1.82) is 0 Å². The molecule has 0 aromatic rings. The highest BCUT2D eigenvalue weighted by atomic mass is 16.5. The Morgan fingerprint density at radius 1 is 1.12 bits per heavy atom. The van der Waals surface area contributed by atoms with Crippen LogP contribution in [-0.4, -0.2) is 25.8 Å². The van der Waals surface area contributed by atoms with E-state index in [0.717, 1.165) is 12.8 Å². The standard InChI is InChI=1S/C21H32O4/c1-9-13(2)12-14(3)10-11-21(5,6)16-15(4)17(22)19(24-7)20(25-8)18(16)23/h10,13H,9,11-12H2,1-8H3. The van der Waals surface area contributed by atoms with Gasteiger partial charge in [0, 0.05) is 11.1 Å². The van der Waals surface area contributed by atoms with Crippen LogP contribution in [0.4, 0.5) is 0 Å². The van der Waals surface area contributed by atoms with Gasteiger partial charge in [0.1, 0.15) is 0 Å². The van der Waals surface area contributed by atoms with Gasteiger partial charge in [-0.15, -0.1) is 0 Å². The van der Waals surface area contributed by atoms with E-state index in [0.29, 0.717) is 23.5 Å². The van der Waals surface area contributed by atoms with E-state index in [2.05, 4.69) is 26.8 Å². The van der Waals surface area contributed by atoms with Crippen LogP contribution in [0.25, 0.3) is 0 Å². The first-order valence-corrected chi connectivity index (χ1v) is 8.89. The van der Waals surface area contributed by atoms with Crippen molar-refractivity contribution in [3.05, 3.63) is 34.3 Å².